The van der Waals surface area contributed by atoms with Crippen molar-refractivity contribution in [2.45, 2.75) is 6.92 Å². The molecule has 0 aliphatic carbocycles. The fraction of sp³-hybridized carbons (Fsp3) is 0.0833. The van der Waals surface area contributed by atoms with Gasteiger partial charge in [0.1, 0.15) is 5.75 Å². The highest BCUT2D eigenvalue weighted by atomic mass is 35.5. The van der Waals surface area contributed by atoms with Crippen LogP contribution in [0.3, 0.4) is 0 Å². The van der Waals surface area contributed by atoms with Gasteiger partial charge in [0.15, 0.2) is 0 Å². The van der Waals surface area contributed by atoms with Gasteiger partial charge in [-0.25, -0.2) is 4.98 Å². The summed E-state index contributed by atoms with van der Waals surface area (Å²) >= 11 is 5.72. The first kappa shape index (κ1) is 11.4. The zero-order valence-corrected chi connectivity index (χ0v) is 9.77. The van der Waals surface area contributed by atoms with Crippen LogP contribution >= 0.6 is 11.6 Å². The van der Waals surface area contributed by atoms with E-state index in [4.69, 9.17) is 21.6 Å². The molecule has 84 valence electrons. The molecule has 0 aliphatic rings. The van der Waals surface area contributed by atoms with Gasteiger partial charge in [-0.3, -0.25) is 0 Å². The molecule has 0 spiro atoms. The summed E-state index contributed by atoms with van der Waals surface area (Å²) in [5.74, 6) is 0.977. The summed E-state index contributed by atoms with van der Waals surface area (Å²) in [4.78, 5) is 7.87. The van der Waals surface area contributed by atoms with Crippen molar-refractivity contribution >= 4 is 11.6 Å². The zero-order valence-electron chi connectivity index (χ0n) is 9.01. The first-order chi connectivity index (χ1) is 8.17. The lowest BCUT2D eigenvalue weighted by atomic mass is 10.2. The van der Waals surface area contributed by atoms with Gasteiger partial charge in [0, 0.05) is 11.8 Å². The van der Waals surface area contributed by atoms with Gasteiger partial charge in [0.25, 0.3) is 0 Å². The van der Waals surface area contributed by atoms with E-state index in [2.05, 4.69) is 9.97 Å². The van der Waals surface area contributed by atoms with Crippen molar-refractivity contribution in [3.05, 3.63) is 46.9 Å². The van der Waals surface area contributed by atoms with Crippen molar-refractivity contribution in [1.82, 2.24) is 9.97 Å². The van der Waals surface area contributed by atoms with E-state index >= 15 is 0 Å². The summed E-state index contributed by atoms with van der Waals surface area (Å²) in [6.07, 6.45) is 0. The Labute approximate surface area is 103 Å². The van der Waals surface area contributed by atoms with E-state index in [9.17, 15) is 0 Å². The molecule has 0 bridgehead atoms. The summed E-state index contributed by atoms with van der Waals surface area (Å²) in [6.45, 7) is 1.80. The molecular weight excluding hydrogens is 238 g/mol. The Morgan fingerprint density at radius 3 is 2.53 bits per heavy atom. The lowest BCUT2D eigenvalue weighted by Gasteiger charge is -2.05. The summed E-state index contributed by atoms with van der Waals surface area (Å²) in [5, 5.41) is 8.81. The molecule has 1 heterocycles. The zero-order chi connectivity index (χ0) is 12.3. The number of aromatic nitrogens is 2. The van der Waals surface area contributed by atoms with Crippen molar-refractivity contribution in [3.8, 4) is 17.7 Å². The van der Waals surface area contributed by atoms with Crippen LogP contribution in [-0.4, -0.2) is 9.97 Å². The molecule has 1 aromatic heterocycles. The van der Waals surface area contributed by atoms with Gasteiger partial charge in [0.2, 0.25) is 11.2 Å². The second-order valence-electron chi connectivity index (χ2n) is 3.35. The number of rotatable bonds is 2. The van der Waals surface area contributed by atoms with Crippen LogP contribution in [0.2, 0.25) is 5.28 Å². The largest absolute Gasteiger partial charge is 0.439 e. The third kappa shape index (κ3) is 2.92. The average molecular weight is 246 g/mol. The fourth-order valence-electron chi connectivity index (χ4n) is 1.28. The minimum absolute atomic E-state index is 0.147. The van der Waals surface area contributed by atoms with E-state index in [-0.39, 0.29) is 5.28 Å². The molecule has 0 radical (unpaired) electrons. The number of nitriles is 1. The Kier molecular flexibility index (Phi) is 3.22. The maximum Gasteiger partial charge on any atom is 0.225 e. The van der Waals surface area contributed by atoms with Crippen molar-refractivity contribution in [1.29, 1.82) is 5.26 Å². The fourth-order valence-corrected chi connectivity index (χ4v) is 1.49. The monoisotopic (exact) mass is 245 g/mol. The number of nitrogens with zero attached hydrogens (tertiary/aromatic N) is 3. The number of hydrogen-bond donors (Lipinski definition) is 0. The summed E-state index contributed by atoms with van der Waals surface area (Å²) in [5.41, 5.74) is 1.31. The maximum absolute atomic E-state index is 8.66. The lowest BCUT2D eigenvalue weighted by Crippen LogP contribution is -1.92. The molecule has 17 heavy (non-hydrogen) atoms. The van der Waals surface area contributed by atoms with Gasteiger partial charge in [0.05, 0.1) is 11.6 Å². The lowest BCUT2D eigenvalue weighted by molar-refractivity contribution is 0.461. The third-order valence-corrected chi connectivity index (χ3v) is 2.18. The Bertz CT molecular complexity index is 555. The molecule has 0 fully saturated rings. The van der Waals surface area contributed by atoms with Crippen molar-refractivity contribution in [2.75, 3.05) is 0 Å². The van der Waals surface area contributed by atoms with Crippen LogP contribution in [-0.2, 0) is 0 Å². The Hall–Kier alpha value is -2.12. The van der Waals surface area contributed by atoms with Crippen molar-refractivity contribution in [3.63, 3.8) is 0 Å². The van der Waals surface area contributed by atoms with Crippen molar-refractivity contribution in [2.24, 2.45) is 0 Å². The molecule has 0 N–H and O–H groups in total. The highest BCUT2D eigenvalue weighted by Crippen LogP contribution is 2.21. The van der Waals surface area contributed by atoms with Crippen LogP contribution in [0.1, 0.15) is 11.3 Å². The van der Waals surface area contributed by atoms with Crippen LogP contribution in [0.4, 0.5) is 0 Å². The van der Waals surface area contributed by atoms with Gasteiger partial charge in [-0.1, -0.05) is 0 Å². The topological polar surface area (TPSA) is 58.8 Å². The van der Waals surface area contributed by atoms with Gasteiger partial charge in [-0.05, 0) is 42.8 Å². The second kappa shape index (κ2) is 4.81. The number of halogens is 1. The minimum Gasteiger partial charge on any atom is -0.439 e. The highest BCUT2D eigenvalue weighted by Gasteiger charge is 2.02. The van der Waals surface area contributed by atoms with E-state index in [1.165, 1.54) is 0 Å². The van der Waals surface area contributed by atoms with E-state index in [1.54, 1.807) is 37.3 Å². The van der Waals surface area contributed by atoms with E-state index in [0.29, 0.717) is 17.2 Å². The van der Waals surface area contributed by atoms with E-state index in [0.717, 1.165) is 5.69 Å². The van der Waals surface area contributed by atoms with Crippen LogP contribution in [0.15, 0.2) is 30.3 Å². The smallest absolute Gasteiger partial charge is 0.225 e. The van der Waals surface area contributed by atoms with E-state index in [1.807, 2.05) is 6.07 Å². The molecule has 2 rings (SSSR count). The third-order valence-electron chi connectivity index (χ3n) is 2.01. The van der Waals surface area contributed by atoms with Crippen LogP contribution in [0.5, 0.6) is 11.6 Å². The highest BCUT2D eigenvalue weighted by molar-refractivity contribution is 6.28. The number of benzene rings is 1. The molecule has 5 heteroatoms. The SMILES string of the molecule is Cc1cc(Oc2ccc(C#N)cc2)nc(Cl)n1. The summed E-state index contributed by atoms with van der Waals surface area (Å²) in [6, 6.07) is 10.5. The van der Waals surface area contributed by atoms with Crippen molar-refractivity contribution < 1.29 is 4.74 Å². The molecule has 2 aromatic rings. The Morgan fingerprint density at radius 2 is 1.94 bits per heavy atom. The Morgan fingerprint density at radius 1 is 1.24 bits per heavy atom. The molecule has 0 saturated carbocycles. The molecule has 0 aliphatic heterocycles. The van der Waals surface area contributed by atoms with Crippen LogP contribution in [0, 0.1) is 18.3 Å². The van der Waals surface area contributed by atoms with Crippen LogP contribution in [0.25, 0.3) is 0 Å². The predicted octanol–water partition coefficient (Wildman–Crippen LogP) is 3.10. The van der Waals surface area contributed by atoms with Gasteiger partial charge < -0.3 is 4.74 Å². The standard InChI is InChI=1S/C12H8ClN3O/c1-8-6-11(16-12(13)15-8)17-10-4-2-9(7-14)3-5-10/h2-6H,1H3. The van der Waals surface area contributed by atoms with Gasteiger partial charge in [-0.2, -0.15) is 10.2 Å². The first-order valence-electron chi connectivity index (χ1n) is 4.86. The number of hydrogen-bond acceptors (Lipinski definition) is 4. The molecule has 0 atom stereocenters. The maximum atomic E-state index is 8.66. The van der Waals surface area contributed by atoms with E-state index < -0.39 is 0 Å². The summed E-state index contributed by atoms with van der Waals surface area (Å²) in [7, 11) is 0. The predicted molar refractivity (Wildman–Crippen MR) is 63.0 cm³/mol. The number of aryl methyl sites for hydroxylation is 1. The molecule has 0 saturated heterocycles. The minimum atomic E-state index is 0.147. The molecule has 0 amide bonds. The van der Waals surface area contributed by atoms with Gasteiger partial charge in [-0.15, -0.1) is 0 Å². The normalized spacial score (nSPS) is 9.71. The Balaban J connectivity index is 2.22. The quantitative estimate of drug-likeness (QED) is 0.763. The molecular formula is C12H8ClN3O. The first-order valence-corrected chi connectivity index (χ1v) is 5.24. The summed E-state index contributed by atoms with van der Waals surface area (Å²) < 4.78 is 5.49. The number of ether oxygens (including phenoxy) is 1. The van der Waals surface area contributed by atoms with Gasteiger partial charge >= 0.3 is 0 Å². The average Bonchev–Trinajstić information content (AvgIpc) is 2.28. The van der Waals surface area contributed by atoms with Crippen LogP contribution < -0.4 is 4.74 Å². The second-order valence-corrected chi connectivity index (χ2v) is 3.69. The molecule has 4 nitrogen and oxygen atoms in total. The molecule has 0 unspecified atom stereocenters. The molecule has 1 aromatic carbocycles.